The van der Waals surface area contributed by atoms with Crippen LogP contribution in [0.15, 0.2) is 76.2 Å². The summed E-state index contributed by atoms with van der Waals surface area (Å²) in [7, 11) is 0. The number of nitrogens with zero attached hydrogens (tertiary/aromatic N) is 1. The molecule has 1 atom stereocenters. The highest BCUT2D eigenvalue weighted by Crippen LogP contribution is 2.32. The van der Waals surface area contributed by atoms with Gasteiger partial charge in [0.05, 0.1) is 22.7 Å². The first-order chi connectivity index (χ1) is 17.6. The molecule has 1 unspecified atom stereocenters. The van der Waals surface area contributed by atoms with E-state index in [0.29, 0.717) is 39.2 Å². The molecule has 3 N–H and O–H groups in total. The highest BCUT2D eigenvalue weighted by Gasteiger charge is 2.22. The summed E-state index contributed by atoms with van der Waals surface area (Å²) < 4.78 is 12.0. The Labute approximate surface area is 216 Å². The van der Waals surface area contributed by atoms with E-state index in [9.17, 15) is 9.59 Å². The predicted molar refractivity (Wildman–Crippen MR) is 147 cm³/mol. The lowest BCUT2D eigenvalue weighted by Crippen LogP contribution is -2.24. The maximum Gasteiger partial charge on any atom is 0.340 e. The molecule has 0 spiro atoms. The Balaban J connectivity index is 1.80. The van der Waals surface area contributed by atoms with Crippen molar-refractivity contribution in [3.8, 4) is 11.3 Å². The van der Waals surface area contributed by atoms with Crippen molar-refractivity contribution in [1.82, 2.24) is 4.98 Å². The van der Waals surface area contributed by atoms with E-state index in [-0.39, 0.29) is 11.5 Å². The van der Waals surface area contributed by atoms with E-state index in [1.165, 1.54) is 12.3 Å². The SMILES string of the molecule is Cc1cc(C(C)Nc2ccccc2C(=O)OC(C)(C)C)c2oc(-c3cccnc3/C=C\N)cc(=O)c2c1. The van der Waals surface area contributed by atoms with Crippen LogP contribution in [0.3, 0.4) is 0 Å². The van der Waals surface area contributed by atoms with Gasteiger partial charge in [0.15, 0.2) is 5.43 Å². The highest BCUT2D eigenvalue weighted by molar-refractivity contribution is 5.96. The monoisotopic (exact) mass is 497 g/mol. The van der Waals surface area contributed by atoms with Crippen LogP contribution in [0.2, 0.25) is 0 Å². The second-order valence-electron chi connectivity index (χ2n) is 9.91. The Kier molecular flexibility index (Phi) is 7.16. The minimum atomic E-state index is -0.618. The van der Waals surface area contributed by atoms with Gasteiger partial charge in [0.25, 0.3) is 0 Å². The van der Waals surface area contributed by atoms with E-state index in [2.05, 4.69) is 10.3 Å². The van der Waals surface area contributed by atoms with Crippen LogP contribution in [0.25, 0.3) is 28.4 Å². The molecule has 0 bridgehead atoms. The van der Waals surface area contributed by atoms with Crippen LogP contribution >= 0.6 is 0 Å². The van der Waals surface area contributed by atoms with Gasteiger partial charge in [0.1, 0.15) is 16.9 Å². The molecule has 37 heavy (non-hydrogen) atoms. The molecular weight excluding hydrogens is 466 g/mol. The molecule has 0 aliphatic carbocycles. The van der Waals surface area contributed by atoms with Crippen LogP contribution in [0, 0.1) is 6.92 Å². The largest absolute Gasteiger partial charge is 0.456 e. The van der Waals surface area contributed by atoms with Gasteiger partial charge >= 0.3 is 5.97 Å². The lowest BCUT2D eigenvalue weighted by Gasteiger charge is -2.23. The first-order valence-corrected chi connectivity index (χ1v) is 12.1. The van der Waals surface area contributed by atoms with Crippen LogP contribution < -0.4 is 16.5 Å². The summed E-state index contributed by atoms with van der Waals surface area (Å²) in [6.07, 6.45) is 4.71. The first kappa shape index (κ1) is 25.7. The third-order valence-corrected chi connectivity index (χ3v) is 5.74. The molecule has 4 aromatic rings. The van der Waals surface area contributed by atoms with Crippen molar-refractivity contribution >= 4 is 28.7 Å². The average molecular weight is 498 g/mol. The van der Waals surface area contributed by atoms with Gasteiger partial charge in [0.2, 0.25) is 0 Å². The molecule has 7 heteroatoms. The van der Waals surface area contributed by atoms with Gasteiger partial charge in [0, 0.05) is 29.1 Å². The lowest BCUT2D eigenvalue weighted by molar-refractivity contribution is 0.00706. The number of benzene rings is 2. The van der Waals surface area contributed by atoms with Crippen molar-refractivity contribution in [2.45, 2.75) is 46.3 Å². The lowest BCUT2D eigenvalue weighted by atomic mass is 10.00. The van der Waals surface area contributed by atoms with Crippen molar-refractivity contribution in [3.05, 3.63) is 99.6 Å². The predicted octanol–water partition coefficient (Wildman–Crippen LogP) is 6.22. The van der Waals surface area contributed by atoms with Gasteiger partial charge < -0.3 is 20.2 Å². The molecule has 0 saturated heterocycles. The third kappa shape index (κ3) is 5.72. The van der Waals surface area contributed by atoms with E-state index < -0.39 is 11.6 Å². The summed E-state index contributed by atoms with van der Waals surface area (Å²) >= 11 is 0. The number of para-hydroxylation sites is 1. The molecule has 4 rings (SSSR count). The number of rotatable bonds is 6. The number of carbonyl (C=O) groups excluding carboxylic acids is 1. The van der Waals surface area contributed by atoms with Gasteiger partial charge in [-0.15, -0.1) is 0 Å². The molecule has 0 saturated carbocycles. The number of esters is 1. The number of aromatic nitrogens is 1. The maximum atomic E-state index is 13.2. The first-order valence-electron chi connectivity index (χ1n) is 12.1. The number of anilines is 1. The van der Waals surface area contributed by atoms with E-state index in [0.717, 1.165) is 11.1 Å². The standard InChI is InChI=1S/C30H31N3O4/c1-18-15-22(19(2)33-25-11-7-6-9-21(25)29(35)37-30(3,4)5)28-23(16-18)26(34)17-27(36-28)20-10-8-14-32-24(20)12-13-31/h6-17,19,33H,31H2,1-5H3/b13-12-. The van der Waals surface area contributed by atoms with Crippen molar-refractivity contribution in [1.29, 1.82) is 0 Å². The second kappa shape index (κ2) is 10.3. The number of hydrogen-bond acceptors (Lipinski definition) is 7. The summed E-state index contributed by atoms with van der Waals surface area (Å²) in [5.74, 6) is -0.0204. The number of ether oxygens (including phenoxy) is 1. The van der Waals surface area contributed by atoms with Crippen LogP contribution in [0.4, 0.5) is 5.69 Å². The fraction of sp³-hybridized carbons (Fsp3) is 0.233. The summed E-state index contributed by atoms with van der Waals surface area (Å²) in [5.41, 5.74) is 9.30. The zero-order valence-electron chi connectivity index (χ0n) is 21.7. The minimum absolute atomic E-state index is 0.158. The average Bonchev–Trinajstić information content (AvgIpc) is 2.83. The molecule has 7 nitrogen and oxygen atoms in total. The Hall–Kier alpha value is -4.39. The number of hydrogen-bond donors (Lipinski definition) is 2. The van der Waals surface area contributed by atoms with Gasteiger partial charge in [-0.1, -0.05) is 18.2 Å². The topological polar surface area (TPSA) is 107 Å². The Bertz CT molecular complexity index is 1550. The maximum absolute atomic E-state index is 13.2. The summed E-state index contributed by atoms with van der Waals surface area (Å²) in [5, 5.41) is 3.90. The number of carbonyl (C=O) groups is 1. The summed E-state index contributed by atoms with van der Waals surface area (Å²) in [6.45, 7) is 9.39. The summed E-state index contributed by atoms with van der Waals surface area (Å²) in [4.78, 5) is 30.4. The number of pyridine rings is 1. The smallest absolute Gasteiger partial charge is 0.340 e. The molecule has 0 radical (unpaired) electrons. The van der Waals surface area contributed by atoms with Crippen LogP contribution in [-0.4, -0.2) is 16.6 Å². The van der Waals surface area contributed by atoms with E-state index in [4.69, 9.17) is 14.9 Å². The van der Waals surface area contributed by atoms with E-state index >= 15 is 0 Å². The van der Waals surface area contributed by atoms with E-state index in [1.807, 2.05) is 65.0 Å². The van der Waals surface area contributed by atoms with Gasteiger partial charge in [-0.05, 0) is 82.8 Å². The summed E-state index contributed by atoms with van der Waals surface area (Å²) in [6, 6.07) is 15.8. The molecule has 2 aromatic heterocycles. The van der Waals surface area contributed by atoms with Crippen LogP contribution in [0.1, 0.15) is 60.9 Å². The Morgan fingerprint density at radius 2 is 1.89 bits per heavy atom. The number of nitrogens with two attached hydrogens (primary N) is 1. The zero-order chi connectivity index (χ0) is 26.7. The molecule has 0 fully saturated rings. The Morgan fingerprint density at radius 1 is 1.14 bits per heavy atom. The van der Waals surface area contributed by atoms with Crippen molar-refractivity contribution < 1.29 is 13.9 Å². The molecule has 190 valence electrons. The second-order valence-corrected chi connectivity index (χ2v) is 9.91. The zero-order valence-corrected chi connectivity index (χ0v) is 21.7. The van der Waals surface area contributed by atoms with Gasteiger partial charge in [-0.3, -0.25) is 9.78 Å². The number of nitrogens with one attached hydrogen (secondary N) is 1. The van der Waals surface area contributed by atoms with Crippen LogP contribution in [-0.2, 0) is 4.74 Å². The van der Waals surface area contributed by atoms with Gasteiger partial charge in [-0.2, -0.15) is 0 Å². The molecule has 2 heterocycles. The number of aryl methyl sites for hydroxylation is 1. The highest BCUT2D eigenvalue weighted by atomic mass is 16.6. The molecule has 0 aliphatic rings. The fourth-order valence-corrected chi connectivity index (χ4v) is 4.17. The van der Waals surface area contributed by atoms with E-state index in [1.54, 1.807) is 30.5 Å². The van der Waals surface area contributed by atoms with Crippen molar-refractivity contribution in [2.75, 3.05) is 5.32 Å². The number of fused-ring (bicyclic) bond motifs is 1. The molecule has 0 aliphatic heterocycles. The van der Waals surface area contributed by atoms with Crippen molar-refractivity contribution in [2.24, 2.45) is 5.73 Å². The quantitative estimate of drug-likeness (QED) is 0.304. The normalized spacial score (nSPS) is 12.6. The minimum Gasteiger partial charge on any atom is -0.456 e. The molecule has 0 amide bonds. The van der Waals surface area contributed by atoms with Crippen molar-refractivity contribution in [3.63, 3.8) is 0 Å². The fourth-order valence-electron chi connectivity index (χ4n) is 4.17. The molecular formula is C30H31N3O4. The van der Waals surface area contributed by atoms with Crippen LogP contribution in [0.5, 0.6) is 0 Å². The van der Waals surface area contributed by atoms with Gasteiger partial charge in [-0.25, -0.2) is 4.79 Å². The molecule has 2 aromatic carbocycles. The Morgan fingerprint density at radius 3 is 2.62 bits per heavy atom. The third-order valence-electron chi connectivity index (χ3n) is 5.74.